The first-order valence-electron chi connectivity index (χ1n) is 6.86. The number of allylic oxidation sites excluding steroid dienone is 1. The number of furan rings is 1. The number of halogens is 1. The summed E-state index contributed by atoms with van der Waals surface area (Å²) in [6.45, 7) is 1.73. The lowest BCUT2D eigenvalue weighted by molar-refractivity contribution is -0.131. The zero-order chi connectivity index (χ0) is 15.0. The van der Waals surface area contributed by atoms with E-state index in [2.05, 4.69) is 11.9 Å². The van der Waals surface area contributed by atoms with Crippen LogP contribution in [0.2, 0.25) is 5.02 Å². The highest BCUT2D eigenvalue weighted by molar-refractivity contribution is 6.32. The van der Waals surface area contributed by atoms with E-state index in [1.54, 1.807) is 6.08 Å². The average Bonchev–Trinajstić information content (AvgIpc) is 2.65. The second-order valence-corrected chi connectivity index (χ2v) is 5.74. The van der Waals surface area contributed by atoms with E-state index in [4.69, 9.17) is 21.1 Å². The van der Waals surface area contributed by atoms with Gasteiger partial charge in [0.15, 0.2) is 0 Å². The van der Waals surface area contributed by atoms with Crippen molar-refractivity contribution in [3.63, 3.8) is 0 Å². The summed E-state index contributed by atoms with van der Waals surface area (Å²) in [7, 11) is 2.06. The van der Waals surface area contributed by atoms with Crippen LogP contribution >= 0.6 is 11.6 Å². The maximum Gasteiger partial charge on any atom is 0.327 e. The number of carboxylic acids is 1. The van der Waals surface area contributed by atoms with Gasteiger partial charge in [0.2, 0.25) is 0 Å². The Balaban J connectivity index is 2.11. The lowest BCUT2D eigenvalue weighted by Crippen LogP contribution is -2.19. The summed E-state index contributed by atoms with van der Waals surface area (Å²) in [5.74, 6) is -0.127. The Bertz CT molecular complexity index is 733. The van der Waals surface area contributed by atoms with Crippen LogP contribution in [0.1, 0.15) is 16.9 Å². The standard InChI is InChI=1S/C16H16ClNO3/c1-18-8-7-10-12(17)5-6-14-16(10)11(9-18)13(21-14)3-2-4-15(19)20/h2,4-6H,3,7-9H2,1H3,(H,19,20). The van der Waals surface area contributed by atoms with Crippen molar-refractivity contribution in [2.24, 2.45) is 0 Å². The number of hydrogen-bond acceptors (Lipinski definition) is 3. The van der Waals surface area contributed by atoms with Crippen molar-refractivity contribution in [3.05, 3.63) is 46.2 Å². The van der Waals surface area contributed by atoms with Crippen LogP contribution in [0, 0.1) is 0 Å². The van der Waals surface area contributed by atoms with E-state index in [0.29, 0.717) is 6.42 Å². The van der Waals surface area contributed by atoms with Gasteiger partial charge < -0.3 is 14.4 Å². The molecule has 0 saturated carbocycles. The largest absolute Gasteiger partial charge is 0.478 e. The Kier molecular flexibility index (Phi) is 3.74. The molecule has 3 rings (SSSR count). The van der Waals surface area contributed by atoms with Gasteiger partial charge in [-0.05, 0) is 31.2 Å². The van der Waals surface area contributed by atoms with E-state index in [-0.39, 0.29) is 0 Å². The quantitative estimate of drug-likeness (QED) is 0.884. The number of aliphatic carboxylic acids is 1. The summed E-state index contributed by atoms with van der Waals surface area (Å²) >= 11 is 6.33. The van der Waals surface area contributed by atoms with Crippen LogP contribution < -0.4 is 0 Å². The van der Waals surface area contributed by atoms with Crippen LogP contribution in [0.4, 0.5) is 0 Å². The molecule has 2 aromatic rings. The summed E-state index contributed by atoms with van der Waals surface area (Å²) in [6.07, 6.45) is 4.13. The number of rotatable bonds is 3. The second-order valence-electron chi connectivity index (χ2n) is 5.34. The van der Waals surface area contributed by atoms with E-state index >= 15 is 0 Å². The van der Waals surface area contributed by atoms with Crippen LogP contribution in [-0.4, -0.2) is 29.6 Å². The predicted octanol–water partition coefficient (Wildman–Crippen LogP) is 3.26. The number of nitrogens with zero attached hydrogens (tertiary/aromatic N) is 1. The molecule has 110 valence electrons. The van der Waals surface area contributed by atoms with Crippen LogP contribution in [0.25, 0.3) is 11.0 Å². The van der Waals surface area contributed by atoms with Gasteiger partial charge in [-0.1, -0.05) is 17.7 Å². The Morgan fingerprint density at radius 2 is 2.29 bits per heavy atom. The zero-order valence-corrected chi connectivity index (χ0v) is 12.5. The molecule has 1 aliphatic heterocycles. The molecule has 21 heavy (non-hydrogen) atoms. The van der Waals surface area contributed by atoms with Crippen LogP contribution in [-0.2, 0) is 24.2 Å². The Hall–Kier alpha value is -1.78. The van der Waals surface area contributed by atoms with Gasteiger partial charge in [0.05, 0.1) is 0 Å². The van der Waals surface area contributed by atoms with Crippen LogP contribution in [0.5, 0.6) is 0 Å². The maximum absolute atomic E-state index is 10.6. The fourth-order valence-electron chi connectivity index (χ4n) is 2.85. The third kappa shape index (κ3) is 2.69. The molecule has 0 amide bonds. The highest BCUT2D eigenvalue weighted by Gasteiger charge is 2.22. The third-order valence-corrected chi connectivity index (χ3v) is 4.18. The van der Waals surface area contributed by atoms with Crippen molar-refractivity contribution in [3.8, 4) is 0 Å². The lowest BCUT2D eigenvalue weighted by atomic mass is 10.0. The molecule has 5 heteroatoms. The summed E-state index contributed by atoms with van der Waals surface area (Å²) < 4.78 is 5.92. The molecule has 0 spiro atoms. The second kappa shape index (κ2) is 5.54. The minimum atomic E-state index is -0.946. The fourth-order valence-corrected chi connectivity index (χ4v) is 3.10. The van der Waals surface area contributed by atoms with Gasteiger partial charge in [0.25, 0.3) is 0 Å². The molecule has 1 N–H and O–H groups in total. The van der Waals surface area contributed by atoms with Crippen molar-refractivity contribution in [1.29, 1.82) is 0 Å². The van der Waals surface area contributed by atoms with E-state index in [1.165, 1.54) is 0 Å². The molecule has 1 aromatic heterocycles. The van der Waals surface area contributed by atoms with Crippen LogP contribution in [0.15, 0.2) is 28.7 Å². The molecule has 0 saturated heterocycles. The molecule has 4 nitrogen and oxygen atoms in total. The first kappa shape index (κ1) is 14.2. The van der Waals surface area contributed by atoms with Crippen LogP contribution in [0.3, 0.4) is 0 Å². The molecule has 0 radical (unpaired) electrons. The number of carbonyl (C=O) groups is 1. The van der Waals surface area contributed by atoms with Crippen molar-refractivity contribution >= 4 is 28.5 Å². The van der Waals surface area contributed by atoms with Gasteiger partial charge in [-0.3, -0.25) is 0 Å². The Morgan fingerprint density at radius 3 is 3.05 bits per heavy atom. The maximum atomic E-state index is 10.6. The lowest BCUT2D eigenvalue weighted by Gasteiger charge is -2.13. The third-order valence-electron chi connectivity index (χ3n) is 3.82. The molecule has 0 aliphatic carbocycles. The number of hydrogen-bond donors (Lipinski definition) is 1. The highest BCUT2D eigenvalue weighted by Crippen LogP contribution is 2.36. The smallest absolute Gasteiger partial charge is 0.327 e. The van der Waals surface area contributed by atoms with Gasteiger partial charge in [-0.25, -0.2) is 4.79 Å². The van der Waals surface area contributed by atoms with Gasteiger partial charge in [0, 0.05) is 41.6 Å². The van der Waals surface area contributed by atoms with Crippen molar-refractivity contribution < 1.29 is 14.3 Å². The molecule has 0 atom stereocenters. The first-order chi connectivity index (χ1) is 10.1. The van der Waals surface area contributed by atoms with Gasteiger partial charge in [-0.2, -0.15) is 0 Å². The minimum Gasteiger partial charge on any atom is -0.478 e. The van der Waals surface area contributed by atoms with E-state index in [1.807, 2.05) is 12.1 Å². The predicted molar refractivity (Wildman–Crippen MR) is 81.7 cm³/mol. The zero-order valence-electron chi connectivity index (χ0n) is 11.7. The molecule has 1 aliphatic rings. The number of benzene rings is 1. The fraction of sp³-hybridized carbons (Fsp3) is 0.312. The van der Waals surface area contributed by atoms with E-state index < -0.39 is 5.97 Å². The summed E-state index contributed by atoms with van der Waals surface area (Å²) in [6, 6.07) is 3.76. The van der Waals surface area contributed by atoms with Gasteiger partial charge in [-0.15, -0.1) is 0 Å². The molecule has 0 bridgehead atoms. The number of carboxylic acid groups (broad SMARTS) is 1. The monoisotopic (exact) mass is 305 g/mol. The molecular weight excluding hydrogens is 290 g/mol. The summed E-state index contributed by atoms with van der Waals surface area (Å²) in [4.78, 5) is 12.8. The van der Waals surface area contributed by atoms with Crippen molar-refractivity contribution in [2.75, 3.05) is 13.6 Å². The highest BCUT2D eigenvalue weighted by atomic mass is 35.5. The average molecular weight is 306 g/mol. The van der Waals surface area contributed by atoms with Gasteiger partial charge in [0.1, 0.15) is 11.3 Å². The SMILES string of the molecule is CN1CCc2c(Cl)ccc3oc(CC=CC(=O)O)c(c23)C1. The first-order valence-corrected chi connectivity index (χ1v) is 7.23. The molecular formula is C16H16ClNO3. The van der Waals surface area contributed by atoms with Gasteiger partial charge >= 0.3 is 5.97 Å². The minimum absolute atomic E-state index is 0.473. The molecule has 1 aromatic carbocycles. The van der Waals surface area contributed by atoms with E-state index in [9.17, 15) is 4.79 Å². The normalized spacial score (nSPS) is 15.7. The Labute approximate surface area is 127 Å². The molecule has 0 unspecified atom stereocenters. The number of likely N-dealkylation sites (N-methyl/N-ethyl adjacent to an activating group) is 1. The van der Waals surface area contributed by atoms with E-state index in [0.717, 1.165) is 58.5 Å². The summed E-state index contributed by atoms with van der Waals surface area (Å²) in [5.41, 5.74) is 3.08. The van der Waals surface area contributed by atoms with Crippen molar-refractivity contribution in [1.82, 2.24) is 4.90 Å². The van der Waals surface area contributed by atoms with Crippen molar-refractivity contribution in [2.45, 2.75) is 19.4 Å². The molecule has 0 fully saturated rings. The topological polar surface area (TPSA) is 53.7 Å². The molecule has 2 heterocycles. The Morgan fingerprint density at radius 1 is 1.48 bits per heavy atom. The summed E-state index contributed by atoms with van der Waals surface area (Å²) in [5, 5.41) is 10.6.